The van der Waals surface area contributed by atoms with Gasteiger partial charge < -0.3 is 10.2 Å². The van der Waals surface area contributed by atoms with E-state index in [-0.39, 0.29) is 17.6 Å². The number of thioether (sulfide) groups is 1. The third-order valence-corrected chi connectivity index (χ3v) is 8.08. The van der Waals surface area contributed by atoms with Gasteiger partial charge in [0.15, 0.2) is 0 Å². The fraction of sp³-hybridized carbons (Fsp3) is 0.310. The number of amides is 2. The van der Waals surface area contributed by atoms with Crippen LogP contribution in [0.4, 0.5) is 0 Å². The highest BCUT2D eigenvalue weighted by Gasteiger charge is 2.30. The van der Waals surface area contributed by atoms with Crippen molar-refractivity contribution < 1.29 is 9.59 Å². The van der Waals surface area contributed by atoms with Crippen molar-refractivity contribution in [2.75, 3.05) is 12.3 Å². The van der Waals surface area contributed by atoms with E-state index in [9.17, 15) is 9.59 Å². The molecule has 3 aromatic rings. The Morgan fingerprint density at radius 2 is 1.62 bits per heavy atom. The third kappa shape index (κ3) is 9.36. The van der Waals surface area contributed by atoms with Crippen LogP contribution in [0.15, 0.2) is 77.3 Å². The number of carbonyl (C=O) groups excluding carboxylic acids is 2. The van der Waals surface area contributed by atoms with E-state index < -0.39 is 6.04 Å². The molecule has 2 amide bonds. The molecule has 8 heteroatoms. The maximum absolute atomic E-state index is 13.7. The zero-order valence-corrected chi connectivity index (χ0v) is 24.7. The number of unbranched alkanes of at least 4 members (excludes halogenated alkanes) is 1. The first-order valence-corrected chi connectivity index (χ1v) is 15.0. The number of halogens is 3. The Balaban J connectivity index is 1.84. The maximum Gasteiger partial charge on any atom is 0.243 e. The average Bonchev–Trinajstić information content (AvgIpc) is 2.89. The van der Waals surface area contributed by atoms with Crippen LogP contribution in [0.2, 0.25) is 10.0 Å². The van der Waals surface area contributed by atoms with E-state index in [1.807, 2.05) is 54.6 Å². The number of rotatable bonds is 13. The van der Waals surface area contributed by atoms with E-state index in [1.54, 1.807) is 23.1 Å². The van der Waals surface area contributed by atoms with Gasteiger partial charge in [-0.2, -0.15) is 0 Å². The van der Waals surface area contributed by atoms with E-state index in [0.717, 1.165) is 34.0 Å². The van der Waals surface area contributed by atoms with E-state index in [2.05, 4.69) is 28.2 Å². The lowest BCUT2D eigenvalue weighted by Crippen LogP contribution is -2.51. The molecule has 0 radical (unpaired) electrons. The second-order valence-corrected chi connectivity index (χ2v) is 11.4. The van der Waals surface area contributed by atoms with Crippen molar-refractivity contribution in [3.05, 3.63) is 104 Å². The molecule has 0 aliphatic carbocycles. The first kappa shape index (κ1) is 29.6. The number of carbonyl (C=O) groups is 2. The zero-order chi connectivity index (χ0) is 26.6. The molecule has 1 atom stereocenters. The average molecular weight is 622 g/mol. The van der Waals surface area contributed by atoms with E-state index >= 15 is 0 Å². The molecular weight excluding hydrogens is 591 g/mol. The summed E-state index contributed by atoms with van der Waals surface area (Å²) in [6.45, 7) is 3.00. The van der Waals surface area contributed by atoms with Crippen LogP contribution in [-0.4, -0.2) is 35.1 Å². The molecule has 0 saturated heterocycles. The number of nitrogens with zero attached hydrogens (tertiary/aromatic N) is 1. The Morgan fingerprint density at radius 1 is 0.946 bits per heavy atom. The van der Waals surface area contributed by atoms with Gasteiger partial charge in [-0.3, -0.25) is 9.59 Å². The van der Waals surface area contributed by atoms with E-state index in [1.165, 1.54) is 11.8 Å². The van der Waals surface area contributed by atoms with Crippen molar-refractivity contribution in [2.24, 2.45) is 0 Å². The molecule has 0 spiro atoms. The number of nitrogens with one attached hydrogen (secondary N) is 1. The topological polar surface area (TPSA) is 49.4 Å². The van der Waals surface area contributed by atoms with Crippen molar-refractivity contribution in [3.8, 4) is 0 Å². The predicted octanol–water partition coefficient (Wildman–Crippen LogP) is 7.55. The van der Waals surface area contributed by atoms with Gasteiger partial charge in [-0.15, -0.1) is 11.8 Å². The summed E-state index contributed by atoms with van der Waals surface area (Å²) >= 11 is 17.6. The maximum atomic E-state index is 13.7. The molecule has 0 heterocycles. The van der Waals surface area contributed by atoms with Gasteiger partial charge >= 0.3 is 0 Å². The fourth-order valence-electron chi connectivity index (χ4n) is 3.84. The summed E-state index contributed by atoms with van der Waals surface area (Å²) in [5.74, 6) is 0.457. The summed E-state index contributed by atoms with van der Waals surface area (Å²) in [5, 5.41) is 4.21. The lowest BCUT2D eigenvalue weighted by Gasteiger charge is -2.31. The van der Waals surface area contributed by atoms with E-state index in [4.69, 9.17) is 23.2 Å². The molecule has 0 fully saturated rings. The molecule has 0 bridgehead atoms. The minimum absolute atomic E-state index is 0.109. The molecule has 4 nitrogen and oxygen atoms in total. The molecule has 1 N–H and O–H groups in total. The molecule has 3 rings (SSSR count). The Bertz CT molecular complexity index is 1140. The summed E-state index contributed by atoms with van der Waals surface area (Å²) < 4.78 is 0.958. The van der Waals surface area contributed by atoms with Gasteiger partial charge in [0.1, 0.15) is 6.04 Å². The lowest BCUT2D eigenvalue weighted by atomic mass is 10.0. The highest BCUT2D eigenvalue weighted by Crippen LogP contribution is 2.28. The van der Waals surface area contributed by atoms with Crippen molar-refractivity contribution in [3.63, 3.8) is 0 Å². The second-order valence-electron chi connectivity index (χ2n) is 8.69. The van der Waals surface area contributed by atoms with Crippen LogP contribution in [0.5, 0.6) is 0 Å². The van der Waals surface area contributed by atoms with Crippen LogP contribution >= 0.6 is 50.9 Å². The SMILES string of the molecule is CCCCNC(=O)C(Cc1ccccc1)N(Cc1ccc(Br)cc1)C(=O)CSCc1c(Cl)cccc1Cl. The summed E-state index contributed by atoms with van der Waals surface area (Å²) in [5.41, 5.74) is 2.76. The van der Waals surface area contributed by atoms with Gasteiger partial charge in [0, 0.05) is 39.8 Å². The van der Waals surface area contributed by atoms with Crippen LogP contribution in [0.3, 0.4) is 0 Å². The molecule has 196 valence electrons. The van der Waals surface area contributed by atoms with Gasteiger partial charge in [-0.1, -0.05) is 101 Å². The van der Waals surface area contributed by atoms with Crippen LogP contribution in [0, 0.1) is 0 Å². The molecule has 37 heavy (non-hydrogen) atoms. The van der Waals surface area contributed by atoms with Gasteiger partial charge in [-0.25, -0.2) is 0 Å². The Morgan fingerprint density at radius 3 is 2.27 bits per heavy atom. The largest absolute Gasteiger partial charge is 0.354 e. The van der Waals surface area contributed by atoms with Gasteiger partial charge in [-0.05, 0) is 47.4 Å². The Labute approximate surface area is 242 Å². The van der Waals surface area contributed by atoms with Crippen LogP contribution in [0.1, 0.15) is 36.5 Å². The van der Waals surface area contributed by atoms with Crippen LogP contribution in [0.25, 0.3) is 0 Å². The predicted molar refractivity (Wildman–Crippen MR) is 159 cm³/mol. The Kier molecular flexibility index (Phi) is 12.3. The number of hydrogen-bond donors (Lipinski definition) is 1. The minimum atomic E-state index is -0.639. The van der Waals surface area contributed by atoms with Crippen molar-refractivity contribution in [1.29, 1.82) is 0 Å². The molecule has 1 unspecified atom stereocenters. The highest BCUT2D eigenvalue weighted by molar-refractivity contribution is 9.10. The molecule has 0 saturated carbocycles. The van der Waals surface area contributed by atoms with Gasteiger partial charge in [0.25, 0.3) is 0 Å². The second kappa shape index (κ2) is 15.4. The zero-order valence-electron chi connectivity index (χ0n) is 20.8. The highest BCUT2D eigenvalue weighted by atomic mass is 79.9. The normalized spacial score (nSPS) is 11.7. The standard InChI is InChI=1S/C29H31BrCl2N2O2S/c1-2-3-16-33-29(36)27(17-21-8-5-4-6-9-21)34(18-22-12-14-23(30)15-13-22)28(35)20-37-19-24-25(31)10-7-11-26(24)32/h4-15,27H,2-3,16-20H2,1H3,(H,33,36). The summed E-state index contributed by atoms with van der Waals surface area (Å²) in [4.78, 5) is 28.8. The van der Waals surface area contributed by atoms with Crippen molar-refractivity contribution >= 4 is 62.7 Å². The summed E-state index contributed by atoms with van der Waals surface area (Å²) in [7, 11) is 0. The first-order chi connectivity index (χ1) is 17.9. The number of hydrogen-bond acceptors (Lipinski definition) is 3. The summed E-state index contributed by atoms with van der Waals surface area (Å²) in [6, 6.07) is 22.4. The smallest absolute Gasteiger partial charge is 0.243 e. The van der Waals surface area contributed by atoms with Gasteiger partial charge in [0.05, 0.1) is 5.75 Å². The first-order valence-electron chi connectivity index (χ1n) is 12.2. The molecule has 0 aromatic heterocycles. The quantitative estimate of drug-likeness (QED) is 0.201. The minimum Gasteiger partial charge on any atom is -0.354 e. The van der Waals surface area contributed by atoms with Crippen LogP contribution in [-0.2, 0) is 28.3 Å². The van der Waals surface area contributed by atoms with E-state index in [0.29, 0.717) is 35.3 Å². The summed E-state index contributed by atoms with van der Waals surface area (Å²) in [6.07, 6.45) is 2.30. The van der Waals surface area contributed by atoms with Crippen molar-refractivity contribution in [2.45, 2.75) is 44.5 Å². The molecule has 0 aliphatic heterocycles. The fourth-order valence-corrected chi connectivity index (χ4v) is 5.75. The monoisotopic (exact) mass is 620 g/mol. The molecule has 0 aliphatic rings. The molecule has 3 aromatic carbocycles. The molecular formula is C29H31BrCl2N2O2S. The lowest BCUT2D eigenvalue weighted by molar-refractivity contribution is -0.139. The third-order valence-electron chi connectivity index (χ3n) is 5.90. The Hall–Kier alpha value is -1.99. The van der Waals surface area contributed by atoms with Crippen molar-refractivity contribution in [1.82, 2.24) is 10.2 Å². The number of benzene rings is 3. The van der Waals surface area contributed by atoms with Crippen LogP contribution < -0.4 is 5.32 Å². The van der Waals surface area contributed by atoms with Gasteiger partial charge in [0.2, 0.25) is 11.8 Å².